The number of aromatic nitrogens is 1. The van der Waals surface area contributed by atoms with Crippen molar-refractivity contribution in [2.45, 2.75) is 39.7 Å². The van der Waals surface area contributed by atoms with Crippen LogP contribution in [-0.4, -0.2) is 41.5 Å². The molecule has 7 heteroatoms. The fourth-order valence-electron chi connectivity index (χ4n) is 2.62. The van der Waals surface area contributed by atoms with Crippen LogP contribution in [0.2, 0.25) is 0 Å². The maximum Gasteiger partial charge on any atom is 0.317 e. The highest BCUT2D eigenvalue weighted by molar-refractivity contribution is 7.09. The molecule has 0 saturated carbocycles. The highest BCUT2D eigenvalue weighted by Crippen LogP contribution is 2.20. The molecule has 0 spiro atoms. The molecule has 0 bridgehead atoms. The van der Waals surface area contributed by atoms with Gasteiger partial charge < -0.3 is 15.5 Å². The molecule has 0 aromatic carbocycles. The molecule has 0 radical (unpaired) electrons. The molecule has 6 nitrogen and oxygen atoms in total. The maximum absolute atomic E-state index is 12.4. The second-order valence-corrected chi connectivity index (χ2v) is 7.39. The van der Waals surface area contributed by atoms with Gasteiger partial charge in [0, 0.05) is 31.2 Å². The van der Waals surface area contributed by atoms with Gasteiger partial charge in [-0.3, -0.25) is 4.79 Å². The average molecular weight is 338 g/mol. The van der Waals surface area contributed by atoms with Crippen LogP contribution in [0.4, 0.5) is 4.79 Å². The van der Waals surface area contributed by atoms with E-state index in [4.69, 9.17) is 0 Å². The summed E-state index contributed by atoms with van der Waals surface area (Å²) >= 11 is 1.53. The van der Waals surface area contributed by atoms with Crippen LogP contribution < -0.4 is 10.6 Å². The van der Waals surface area contributed by atoms with Crippen molar-refractivity contribution in [2.24, 2.45) is 11.8 Å². The van der Waals surface area contributed by atoms with Crippen molar-refractivity contribution in [3.8, 4) is 0 Å². The summed E-state index contributed by atoms with van der Waals surface area (Å²) < 4.78 is 0. The van der Waals surface area contributed by atoms with Crippen molar-refractivity contribution in [1.29, 1.82) is 0 Å². The smallest absolute Gasteiger partial charge is 0.317 e. The lowest BCUT2D eigenvalue weighted by atomic mass is 9.97. The Morgan fingerprint density at radius 3 is 2.87 bits per heavy atom. The molecule has 1 saturated heterocycles. The monoisotopic (exact) mass is 338 g/mol. The Hall–Kier alpha value is -1.63. The molecule has 23 heavy (non-hydrogen) atoms. The number of hydrogen-bond acceptors (Lipinski definition) is 4. The highest BCUT2D eigenvalue weighted by Gasteiger charge is 2.29. The number of likely N-dealkylation sites (tertiary alicyclic amines) is 1. The Morgan fingerprint density at radius 2 is 2.22 bits per heavy atom. The summed E-state index contributed by atoms with van der Waals surface area (Å²) in [6.45, 7) is 7.93. The summed E-state index contributed by atoms with van der Waals surface area (Å²) in [4.78, 5) is 30.6. The quantitative estimate of drug-likeness (QED) is 0.866. The van der Waals surface area contributed by atoms with Crippen LogP contribution in [0.3, 0.4) is 0 Å². The SMILES string of the molecule is CC(C)CNC(=O)N1CCC[C@@H](C(=O)N[C@@H](C)c2nccs2)C1. The number of nitrogens with zero attached hydrogens (tertiary/aromatic N) is 2. The number of amides is 3. The summed E-state index contributed by atoms with van der Waals surface area (Å²) in [7, 11) is 0. The Bertz CT molecular complexity index is 518. The second-order valence-electron chi connectivity index (χ2n) is 6.47. The number of rotatable bonds is 5. The molecular formula is C16H26N4O2S. The lowest BCUT2D eigenvalue weighted by Gasteiger charge is -2.32. The zero-order valence-electron chi connectivity index (χ0n) is 14.0. The van der Waals surface area contributed by atoms with E-state index in [0.717, 1.165) is 24.4 Å². The topological polar surface area (TPSA) is 74.3 Å². The molecule has 1 aromatic rings. The maximum atomic E-state index is 12.4. The van der Waals surface area contributed by atoms with Gasteiger partial charge in [0.05, 0.1) is 12.0 Å². The van der Waals surface area contributed by atoms with Gasteiger partial charge in [-0.2, -0.15) is 0 Å². The minimum atomic E-state index is -0.143. The summed E-state index contributed by atoms with van der Waals surface area (Å²) in [6, 6.07) is -0.156. The van der Waals surface area contributed by atoms with Gasteiger partial charge in [-0.1, -0.05) is 13.8 Å². The third-order valence-corrected chi connectivity index (χ3v) is 4.88. The Labute approximate surface area is 141 Å². The van der Waals surface area contributed by atoms with E-state index in [1.165, 1.54) is 11.3 Å². The molecule has 2 N–H and O–H groups in total. The van der Waals surface area contributed by atoms with E-state index in [0.29, 0.717) is 19.0 Å². The van der Waals surface area contributed by atoms with Crippen molar-refractivity contribution in [3.05, 3.63) is 16.6 Å². The fourth-order valence-corrected chi connectivity index (χ4v) is 3.27. The first kappa shape index (κ1) is 17.7. The van der Waals surface area contributed by atoms with Gasteiger partial charge in [0.1, 0.15) is 5.01 Å². The third kappa shape index (κ3) is 5.20. The molecular weight excluding hydrogens is 312 g/mol. The molecule has 3 amide bonds. The van der Waals surface area contributed by atoms with Crippen molar-refractivity contribution in [2.75, 3.05) is 19.6 Å². The number of carbonyl (C=O) groups is 2. The zero-order chi connectivity index (χ0) is 16.8. The molecule has 1 fully saturated rings. The van der Waals surface area contributed by atoms with E-state index in [9.17, 15) is 9.59 Å². The van der Waals surface area contributed by atoms with E-state index in [1.807, 2.05) is 12.3 Å². The predicted octanol–water partition coefficient (Wildman–Crippen LogP) is 2.40. The molecule has 2 atom stereocenters. The first-order valence-electron chi connectivity index (χ1n) is 8.20. The van der Waals surface area contributed by atoms with Crippen LogP contribution in [0.25, 0.3) is 0 Å². The standard InChI is InChI=1S/C16H26N4O2S/c1-11(2)9-18-16(22)20-7-4-5-13(10-20)14(21)19-12(3)15-17-6-8-23-15/h6,8,11-13H,4-5,7,9-10H2,1-3H3,(H,18,22)(H,19,21)/t12-,13+/m0/s1. The predicted molar refractivity (Wildman–Crippen MR) is 91.2 cm³/mol. The van der Waals surface area contributed by atoms with Gasteiger partial charge in [0.2, 0.25) is 5.91 Å². The van der Waals surface area contributed by atoms with Gasteiger partial charge in [0.15, 0.2) is 0 Å². The summed E-state index contributed by atoms with van der Waals surface area (Å²) in [6.07, 6.45) is 3.42. The molecule has 0 aliphatic carbocycles. The Balaban J connectivity index is 1.85. The summed E-state index contributed by atoms with van der Waals surface area (Å²) in [5.74, 6) is 0.284. The van der Waals surface area contributed by atoms with Gasteiger partial charge in [0.25, 0.3) is 0 Å². The number of urea groups is 1. The third-order valence-electron chi connectivity index (χ3n) is 3.92. The molecule has 2 rings (SSSR count). The van der Waals surface area contributed by atoms with Crippen LogP contribution >= 0.6 is 11.3 Å². The minimum Gasteiger partial charge on any atom is -0.347 e. The highest BCUT2D eigenvalue weighted by atomic mass is 32.1. The lowest BCUT2D eigenvalue weighted by molar-refractivity contribution is -0.126. The molecule has 1 aliphatic rings. The first-order valence-corrected chi connectivity index (χ1v) is 9.08. The number of carbonyl (C=O) groups excluding carboxylic acids is 2. The van der Waals surface area contributed by atoms with E-state index in [2.05, 4.69) is 29.5 Å². The van der Waals surface area contributed by atoms with Crippen LogP contribution in [0, 0.1) is 11.8 Å². The molecule has 2 heterocycles. The van der Waals surface area contributed by atoms with Crippen molar-refractivity contribution in [3.63, 3.8) is 0 Å². The molecule has 128 valence electrons. The average Bonchev–Trinajstić information content (AvgIpc) is 3.07. The van der Waals surface area contributed by atoms with Crippen LogP contribution in [0.15, 0.2) is 11.6 Å². The Kier molecular flexibility index (Phi) is 6.38. The van der Waals surface area contributed by atoms with Crippen LogP contribution in [0.1, 0.15) is 44.7 Å². The zero-order valence-corrected chi connectivity index (χ0v) is 14.9. The first-order chi connectivity index (χ1) is 11.0. The van der Waals surface area contributed by atoms with Gasteiger partial charge in [-0.05, 0) is 25.7 Å². The minimum absolute atomic E-state index is 0.00839. The van der Waals surface area contributed by atoms with E-state index < -0.39 is 0 Å². The lowest BCUT2D eigenvalue weighted by Crippen LogP contribution is -2.49. The summed E-state index contributed by atoms with van der Waals surface area (Å²) in [5, 5.41) is 8.74. The van der Waals surface area contributed by atoms with Crippen molar-refractivity contribution >= 4 is 23.3 Å². The van der Waals surface area contributed by atoms with Crippen LogP contribution in [0.5, 0.6) is 0 Å². The van der Waals surface area contributed by atoms with Gasteiger partial charge in [-0.15, -0.1) is 11.3 Å². The largest absolute Gasteiger partial charge is 0.347 e. The Morgan fingerprint density at radius 1 is 1.43 bits per heavy atom. The van der Waals surface area contributed by atoms with E-state index >= 15 is 0 Å². The molecule has 1 aromatic heterocycles. The van der Waals surface area contributed by atoms with Gasteiger partial charge in [-0.25, -0.2) is 9.78 Å². The second kappa shape index (κ2) is 8.29. The van der Waals surface area contributed by atoms with E-state index in [-0.39, 0.29) is 23.9 Å². The summed E-state index contributed by atoms with van der Waals surface area (Å²) in [5.41, 5.74) is 0. The number of nitrogens with one attached hydrogen (secondary N) is 2. The van der Waals surface area contributed by atoms with Crippen molar-refractivity contribution < 1.29 is 9.59 Å². The molecule has 1 aliphatic heterocycles. The van der Waals surface area contributed by atoms with Crippen molar-refractivity contribution in [1.82, 2.24) is 20.5 Å². The molecule has 0 unspecified atom stereocenters. The van der Waals surface area contributed by atoms with Gasteiger partial charge >= 0.3 is 6.03 Å². The van der Waals surface area contributed by atoms with E-state index in [1.54, 1.807) is 11.1 Å². The fraction of sp³-hybridized carbons (Fsp3) is 0.688. The number of thiazole rings is 1. The number of hydrogen-bond donors (Lipinski definition) is 2. The number of piperidine rings is 1. The normalized spacial score (nSPS) is 19.5. The van der Waals surface area contributed by atoms with Crippen LogP contribution in [-0.2, 0) is 4.79 Å².